The molecule has 1 aromatic heterocycles. The summed E-state index contributed by atoms with van der Waals surface area (Å²) in [5, 5.41) is 1.18. The van der Waals surface area contributed by atoms with Crippen molar-refractivity contribution in [2.75, 3.05) is 0 Å². The van der Waals surface area contributed by atoms with E-state index in [1.165, 1.54) is 16.5 Å². The molecular weight excluding hydrogens is 200 g/mol. The Morgan fingerprint density at radius 3 is 2.81 bits per heavy atom. The maximum absolute atomic E-state index is 10.6. The molecule has 2 aromatic rings. The molecule has 16 heavy (non-hydrogen) atoms. The number of hydrogen-bond acceptors (Lipinski definition) is 2. The van der Waals surface area contributed by atoms with Gasteiger partial charge < -0.3 is 9.21 Å². The summed E-state index contributed by atoms with van der Waals surface area (Å²) in [5.41, 5.74) is 3.31. The molecule has 0 spiro atoms. The maximum atomic E-state index is 10.6. The first-order chi connectivity index (χ1) is 7.65. The standard InChI is InChI=1S/C14H16O2/c1-9(7-8-15)12-5-4-6-13-14(12)10(2)11(3)16-13/h4-6,8-9H,7H2,1-3H3. The fraction of sp³-hybridized carbons (Fsp3) is 0.357. The maximum Gasteiger partial charge on any atom is 0.134 e. The highest BCUT2D eigenvalue weighted by Crippen LogP contribution is 2.32. The first-order valence-electron chi connectivity index (χ1n) is 5.57. The minimum atomic E-state index is 0.247. The number of rotatable bonds is 3. The average Bonchev–Trinajstić information content (AvgIpc) is 2.55. The average molecular weight is 216 g/mol. The van der Waals surface area contributed by atoms with Gasteiger partial charge in [0.1, 0.15) is 17.6 Å². The molecule has 1 aromatic carbocycles. The third-order valence-corrected chi connectivity index (χ3v) is 3.21. The largest absolute Gasteiger partial charge is 0.461 e. The van der Waals surface area contributed by atoms with Gasteiger partial charge >= 0.3 is 0 Å². The van der Waals surface area contributed by atoms with E-state index in [2.05, 4.69) is 19.9 Å². The van der Waals surface area contributed by atoms with E-state index in [0.29, 0.717) is 6.42 Å². The van der Waals surface area contributed by atoms with Crippen molar-refractivity contribution in [1.82, 2.24) is 0 Å². The van der Waals surface area contributed by atoms with E-state index in [9.17, 15) is 4.79 Å². The summed E-state index contributed by atoms with van der Waals surface area (Å²) in [6.07, 6.45) is 1.54. The summed E-state index contributed by atoms with van der Waals surface area (Å²) >= 11 is 0. The van der Waals surface area contributed by atoms with Crippen molar-refractivity contribution in [3.05, 3.63) is 35.1 Å². The SMILES string of the molecule is Cc1oc2cccc(C(C)CC=O)c2c1C. The number of fused-ring (bicyclic) bond motifs is 1. The van der Waals surface area contributed by atoms with Crippen LogP contribution in [0.2, 0.25) is 0 Å². The lowest BCUT2D eigenvalue weighted by Crippen LogP contribution is -1.95. The molecule has 0 fully saturated rings. The van der Waals surface area contributed by atoms with Crippen molar-refractivity contribution in [2.45, 2.75) is 33.1 Å². The molecule has 0 saturated heterocycles. The Morgan fingerprint density at radius 2 is 2.12 bits per heavy atom. The Labute approximate surface area is 95.3 Å². The summed E-state index contributed by atoms with van der Waals surface area (Å²) in [6.45, 7) is 6.12. The fourth-order valence-corrected chi connectivity index (χ4v) is 2.13. The van der Waals surface area contributed by atoms with Gasteiger partial charge in [-0.1, -0.05) is 19.1 Å². The zero-order valence-electron chi connectivity index (χ0n) is 9.91. The summed E-state index contributed by atoms with van der Waals surface area (Å²) in [7, 11) is 0. The Balaban J connectivity index is 2.64. The van der Waals surface area contributed by atoms with E-state index in [1.54, 1.807) is 0 Å². The second-order valence-corrected chi connectivity index (χ2v) is 4.31. The third-order valence-electron chi connectivity index (χ3n) is 3.21. The van der Waals surface area contributed by atoms with Crippen LogP contribution in [0.3, 0.4) is 0 Å². The van der Waals surface area contributed by atoms with Gasteiger partial charge in [-0.3, -0.25) is 0 Å². The molecule has 0 aliphatic heterocycles. The van der Waals surface area contributed by atoms with Crippen LogP contribution in [0.4, 0.5) is 0 Å². The molecule has 0 N–H and O–H groups in total. The number of aldehydes is 1. The number of carbonyl (C=O) groups excluding carboxylic acids is 1. The zero-order chi connectivity index (χ0) is 11.7. The normalized spacial score (nSPS) is 12.9. The van der Waals surface area contributed by atoms with Crippen LogP contribution in [0.5, 0.6) is 0 Å². The molecular formula is C14H16O2. The predicted octanol–water partition coefficient (Wildman–Crippen LogP) is 3.74. The lowest BCUT2D eigenvalue weighted by molar-refractivity contribution is -0.108. The number of hydrogen-bond donors (Lipinski definition) is 0. The molecule has 84 valence electrons. The molecule has 0 saturated carbocycles. The number of benzene rings is 1. The predicted molar refractivity (Wildman–Crippen MR) is 64.8 cm³/mol. The number of furan rings is 1. The Hall–Kier alpha value is -1.57. The van der Waals surface area contributed by atoms with Gasteiger partial charge in [0.2, 0.25) is 0 Å². The van der Waals surface area contributed by atoms with Gasteiger partial charge in [0, 0.05) is 11.8 Å². The third kappa shape index (κ3) is 1.64. The summed E-state index contributed by atoms with van der Waals surface area (Å²) < 4.78 is 5.68. The molecule has 0 aliphatic carbocycles. The van der Waals surface area contributed by atoms with Crippen molar-refractivity contribution in [1.29, 1.82) is 0 Å². The van der Waals surface area contributed by atoms with Crippen LogP contribution in [-0.4, -0.2) is 6.29 Å². The molecule has 0 amide bonds. The Kier molecular flexibility index (Phi) is 2.82. The monoisotopic (exact) mass is 216 g/mol. The second kappa shape index (κ2) is 4.12. The van der Waals surface area contributed by atoms with Gasteiger partial charge in [-0.15, -0.1) is 0 Å². The highest BCUT2D eigenvalue weighted by molar-refractivity contribution is 5.86. The van der Waals surface area contributed by atoms with Crippen molar-refractivity contribution >= 4 is 17.3 Å². The van der Waals surface area contributed by atoms with Gasteiger partial charge in [-0.2, -0.15) is 0 Å². The highest BCUT2D eigenvalue weighted by atomic mass is 16.3. The van der Waals surface area contributed by atoms with Crippen LogP contribution >= 0.6 is 0 Å². The van der Waals surface area contributed by atoms with Crippen LogP contribution in [0.25, 0.3) is 11.0 Å². The first-order valence-corrected chi connectivity index (χ1v) is 5.57. The van der Waals surface area contributed by atoms with Gasteiger partial charge in [0.05, 0.1) is 0 Å². The quantitative estimate of drug-likeness (QED) is 0.731. The van der Waals surface area contributed by atoms with Crippen LogP contribution in [0, 0.1) is 13.8 Å². The van der Waals surface area contributed by atoms with Crippen molar-refractivity contribution in [2.24, 2.45) is 0 Å². The number of aryl methyl sites for hydroxylation is 2. The van der Waals surface area contributed by atoms with Crippen molar-refractivity contribution in [3.8, 4) is 0 Å². The Morgan fingerprint density at radius 1 is 1.38 bits per heavy atom. The fourth-order valence-electron chi connectivity index (χ4n) is 2.13. The van der Waals surface area contributed by atoms with Crippen molar-refractivity contribution < 1.29 is 9.21 Å². The molecule has 2 nitrogen and oxygen atoms in total. The Bertz CT molecular complexity index is 523. The van der Waals surface area contributed by atoms with Gasteiger partial charge in [0.25, 0.3) is 0 Å². The van der Waals surface area contributed by atoms with Gasteiger partial charge in [-0.25, -0.2) is 0 Å². The van der Waals surface area contributed by atoms with E-state index in [1.807, 2.05) is 19.1 Å². The van der Waals surface area contributed by atoms with Crippen molar-refractivity contribution in [3.63, 3.8) is 0 Å². The van der Waals surface area contributed by atoms with Crippen LogP contribution in [-0.2, 0) is 4.79 Å². The first kappa shape index (κ1) is 10.9. The molecule has 1 heterocycles. The summed E-state index contributed by atoms with van der Waals surface area (Å²) in [4.78, 5) is 10.6. The highest BCUT2D eigenvalue weighted by Gasteiger charge is 2.14. The minimum Gasteiger partial charge on any atom is -0.461 e. The van der Waals surface area contributed by atoms with E-state index >= 15 is 0 Å². The molecule has 2 heteroatoms. The summed E-state index contributed by atoms with van der Waals surface area (Å²) in [6, 6.07) is 6.05. The number of carbonyl (C=O) groups is 1. The second-order valence-electron chi connectivity index (χ2n) is 4.31. The lowest BCUT2D eigenvalue weighted by Gasteiger charge is -2.09. The van der Waals surface area contributed by atoms with E-state index in [-0.39, 0.29) is 5.92 Å². The molecule has 0 bridgehead atoms. The smallest absolute Gasteiger partial charge is 0.134 e. The van der Waals surface area contributed by atoms with E-state index < -0.39 is 0 Å². The molecule has 2 rings (SSSR count). The molecule has 1 atom stereocenters. The topological polar surface area (TPSA) is 30.2 Å². The van der Waals surface area contributed by atoms with E-state index in [0.717, 1.165) is 17.6 Å². The molecule has 1 unspecified atom stereocenters. The van der Waals surface area contributed by atoms with Crippen LogP contribution < -0.4 is 0 Å². The zero-order valence-corrected chi connectivity index (χ0v) is 9.91. The van der Waals surface area contributed by atoms with Gasteiger partial charge in [-0.05, 0) is 37.0 Å². The minimum absolute atomic E-state index is 0.247. The van der Waals surface area contributed by atoms with Crippen LogP contribution in [0.1, 0.15) is 36.1 Å². The molecule has 0 radical (unpaired) electrons. The van der Waals surface area contributed by atoms with Crippen LogP contribution in [0.15, 0.2) is 22.6 Å². The molecule has 0 aliphatic rings. The lowest BCUT2D eigenvalue weighted by atomic mass is 9.93. The summed E-state index contributed by atoms with van der Waals surface area (Å²) in [5.74, 6) is 1.21. The van der Waals surface area contributed by atoms with E-state index in [4.69, 9.17) is 4.42 Å². The van der Waals surface area contributed by atoms with Gasteiger partial charge in [0.15, 0.2) is 0 Å².